The first-order chi connectivity index (χ1) is 18.6. The average Bonchev–Trinajstić information content (AvgIpc) is 3.60. The van der Waals surface area contributed by atoms with Crippen LogP contribution in [-0.4, -0.2) is 69.0 Å². The summed E-state index contributed by atoms with van der Waals surface area (Å²) in [4.78, 5) is 25.9. The van der Waals surface area contributed by atoms with Crippen molar-refractivity contribution >= 4 is 26.8 Å². The highest BCUT2D eigenvalue weighted by Gasteiger charge is 2.58. The van der Waals surface area contributed by atoms with E-state index >= 15 is 0 Å². The maximum Gasteiger partial charge on any atom is 0.263 e. The molecule has 1 amide bonds. The number of nitrogens with zero attached hydrogens (tertiary/aromatic N) is 5. The van der Waals surface area contributed by atoms with Crippen molar-refractivity contribution in [3.63, 3.8) is 0 Å². The summed E-state index contributed by atoms with van der Waals surface area (Å²) in [6.45, 7) is 0.0277. The van der Waals surface area contributed by atoms with Crippen molar-refractivity contribution < 1.29 is 27.4 Å². The minimum atomic E-state index is -3.72. The van der Waals surface area contributed by atoms with Gasteiger partial charge >= 0.3 is 0 Å². The number of aliphatic hydroxyl groups is 1. The number of hydrogen-bond acceptors (Lipinski definition) is 9. The molecule has 12 nitrogen and oxygen atoms in total. The number of carbonyl (C=O) groups is 1. The number of sulfonamides is 1. The Kier molecular flexibility index (Phi) is 6.83. The summed E-state index contributed by atoms with van der Waals surface area (Å²) in [5, 5.41) is 29.4. The summed E-state index contributed by atoms with van der Waals surface area (Å²) >= 11 is 0. The van der Waals surface area contributed by atoms with E-state index in [2.05, 4.69) is 15.5 Å². The number of nitrogens with one attached hydrogen (secondary N) is 1. The Morgan fingerprint density at radius 1 is 1.36 bits per heavy atom. The number of halogens is 1. The lowest BCUT2D eigenvalue weighted by Crippen LogP contribution is -2.42. The molecule has 2 aromatic heterocycles. The van der Waals surface area contributed by atoms with Crippen molar-refractivity contribution in [2.45, 2.75) is 36.7 Å². The molecule has 204 valence electrons. The number of aryl methyl sites for hydroxylation is 1. The van der Waals surface area contributed by atoms with Gasteiger partial charge in [-0.05, 0) is 43.0 Å². The van der Waals surface area contributed by atoms with Gasteiger partial charge in [-0.15, -0.1) is 5.10 Å². The summed E-state index contributed by atoms with van der Waals surface area (Å²) in [5.41, 5.74) is -0.305. The first-order valence-electron chi connectivity index (χ1n) is 12.2. The largest absolute Gasteiger partial charge is 0.473 e. The molecule has 1 aliphatic heterocycles. The summed E-state index contributed by atoms with van der Waals surface area (Å²) < 4.78 is 47.4. The molecule has 1 saturated carbocycles. The fourth-order valence-electron chi connectivity index (χ4n) is 4.63. The van der Waals surface area contributed by atoms with Gasteiger partial charge in [-0.2, -0.15) is 14.7 Å². The Hall–Kier alpha value is -3.93. The predicted octanol–water partition coefficient (Wildman–Crippen LogP) is 0.577. The topological polar surface area (TPSA) is 168 Å². The van der Waals surface area contributed by atoms with Gasteiger partial charge in [0.2, 0.25) is 10.0 Å². The van der Waals surface area contributed by atoms with E-state index < -0.39 is 38.2 Å². The fourth-order valence-corrected chi connectivity index (χ4v) is 6.72. The molecule has 1 aliphatic carbocycles. The minimum Gasteiger partial charge on any atom is -0.473 e. The zero-order chi connectivity index (χ0) is 27.9. The monoisotopic (exact) mass is 556 g/mol. The van der Waals surface area contributed by atoms with Crippen molar-refractivity contribution in [1.82, 2.24) is 24.4 Å². The third-order valence-electron chi connectivity index (χ3n) is 7.14. The van der Waals surface area contributed by atoms with Crippen LogP contribution in [0.2, 0.25) is 0 Å². The van der Waals surface area contributed by atoms with Crippen LogP contribution in [0.3, 0.4) is 0 Å². The SMILES string of the molecule is Cn1c(=O)c(C(=O)NCc2ccc(C#N)c(F)c2)cc2cnnc(OCC3(S(=O)(=O)N4CC[C@@H](O)C4)CC3)c21. The number of aromatic nitrogens is 3. The second-order valence-electron chi connectivity index (χ2n) is 9.76. The van der Waals surface area contributed by atoms with E-state index in [1.807, 2.05) is 0 Å². The average molecular weight is 557 g/mol. The summed E-state index contributed by atoms with van der Waals surface area (Å²) in [7, 11) is -2.28. The third-order valence-corrected chi connectivity index (χ3v) is 9.77. The van der Waals surface area contributed by atoms with Gasteiger partial charge in [-0.25, -0.2) is 12.8 Å². The van der Waals surface area contributed by atoms with Crippen LogP contribution in [0.15, 0.2) is 35.3 Å². The summed E-state index contributed by atoms with van der Waals surface area (Å²) in [5.74, 6) is -1.46. The summed E-state index contributed by atoms with van der Waals surface area (Å²) in [6.07, 6.45) is 1.84. The molecule has 0 unspecified atom stereocenters. The highest BCUT2D eigenvalue weighted by atomic mass is 32.2. The minimum absolute atomic E-state index is 0.0463. The highest BCUT2D eigenvalue weighted by Crippen LogP contribution is 2.46. The van der Waals surface area contributed by atoms with Gasteiger partial charge in [0.05, 0.1) is 17.9 Å². The molecule has 3 heterocycles. The standard InChI is InChI=1S/C25H25FN6O6S/c1-31-21-17(9-19(24(31)35)22(34)28-11-15-2-3-16(10-27)20(26)8-15)12-29-30-23(21)38-14-25(5-6-25)39(36,37)32-7-4-18(33)13-32/h2-3,8-9,12,18,33H,4-7,11,13-14H2,1H3,(H,28,34)/t18-/m1/s1. The Balaban J connectivity index is 1.35. The number of ether oxygens (including phenoxy) is 1. The molecule has 14 heteroatoms. The van der Waals surface area contributed by atoms with E-state index in [9.17, 15) is 27.5 Å². The molecule has 1 atom stereocenters. The van der Waals surface area contributed by atoms with Gasteiger partial charge in [0, 0.05) is 32.1 Å². The van der Waals surface area contributed by atoms with Crippen LogP contribution in [0.4, 0.5) is 4.39 Å². The van der Waals surface area contributed by atoms with E-state index in [1.54, 1.807) is 6.07 Å². The van der Waals surface area contributed by atoms with Gasteiger partial charge in [0.15, 0.2) is 0 Å². The van der Waals surface area contributed by atoms with Crippen LogP contribution >= 0.6 is 0 Å². The molecular weight excluding hydrogens is 531 g/mol. The zero-order valence-corrected chi connectivity index (χ0v) is 21.7. The number of rotatable bonds is 8. The Morgan fingerprint density at radius 3 is 2.77 bits per heavy atom. The molecule has 2 aliphatic rings. The molecule has 2 fully saturated rings. The first kappa shape index (κ1) is 26.7. The van der Waals surface area contributed by atoms with E-state index in [0.717, 1.165) is 6.07 Å². The van der Waals surface area contributed by atoms with Crippen molar-refractivity contribution in [1.29, 1.82) is 5.26 Å². The second kappa shape index (κ2) is 9.99. The number of benzene rings is 1. The number of carbonyl (C=O) groups excluding carboxylic acids is 1. The highest BCUT2D eigenvalue weighted by molar-refractivity contribution is 7.90. The van der Waals surface area contributed by atoms with E-state index in [4.69, 9.17) is 10.00 Å². The molecule has 39 heavy (non-hydrogen) atoms. The van der Waals surface area contributed by atoms with Crippen LogP contribution in [0, 0.1) is 17.1 Å². The molecule has 5 rings (SSSR count). The fraction of sp³-hybridized carbons (Fsp3) is 0.400. The van der Waals surface area contributed by atoms with Crippen molar-refractivity contribution in [2.75, 3.05) is 19.7 Å². The predicted molar refractivity (Wildman–Crippen MR) is 136 cm³/mol. The van der Waals surface area contributed by atoms with Crippen molar-refractivity contribution in [3.05, 3.63) is 63.3 Å². The number of fused-ring (bicyclic) bond motifs is 1. The van der Waals surface area contributed by atoms with Gasteiger partial charge in [-0.3, -0.25) is 9.59 Å². The van der Waals surface area contributed by atoms with Crippen molar-refractivity contribution in [2.24, 2.45) is 7.05 Å². The molecule has 3 aromatic rings. The van der Waals surface area contributed by atoms with E-state index in [0.29, 0.717) is 30.2 Å². The number of hydrogen-bond donors (Lipinski definition) is 2. The van der Waals surface area contributed by atoms with Gasteiger partial charge in [-0.1, -0.05) is 6.07 Å². The van der Waals surface area contributed by atoms with E-state index in [1.165, 1.54) is 40.3 Å². The zero-order valence-electron chi connectivity index (χ0n) is 20.9. The second-order valence-corrected chi connectivity index (χ2v) is 12.1. The number of aliphatic hydroxyl groups excluding tert-OH is 1. The first-order valence-corrected chi connectivity index (χ1v) is 13.6. The molecule has 0 radical (unpaired) electrons. The summed E-state index contributed by atoms with van der Waals surface area (Å²) in [6, 6.07) is 6.99. The molecule has 0 spiro atoms. The molecule has 2 N–H and O–H groups in total. The lowest BCUT2D eigenvalue weighted by Gasteiger charge is -2.23. The molecular formula is C25H25FN6O6S. The number of pyridine rings is 1. The Morgan fingerprint density at radius 2 is 2.13 bits per heavy atom. The lowest BCUT2D eigenvalue weighted by molar-refractivity contribution is 0.0949. The lowest BCUT2D eigenvalue weighted by atomic mass is 10.1. The van der Waals surface area contributed by atoms with Gasteiger partial charge < -0.3 is 19.7 Å². The van der Waals surface area contributed by atoms with Gasteiger partial charge in [0.25, 0.3) is 17.3 Å². The van der Waals surface area contributed by atoms with Crippen molar-refractivity contribution in [3.8, 4) is 11.9 Å². The molecule has 1 saturated heterocycles. The van der Waals surface area contributed by atoms with Gasteiger partial charge in [0.1, 0.15) is 34.3 Å². The van der Waals surface area contributed by atoms with Crippen LogP contribution in [0.25, 0.3) is 10.9 Å². The van der Waals surface area contributed by atoms with Crippen LogP contribution < -0.4 is 15.6 Å². The Bertz CT molecular complexity index is 1680. The Labute approximate surface area is 222 Å². The number of nitriles is 1. The van der Waals surface area contributed by atoms with Crippen LogP contribution in [0.5, 0.6) is 5.88 Å². The van der Waals surface area contributed by atoms with Crippen LogP contribution in [0.1, 0.15) is 40.7 Å². The van der Waals surface area contributed by atoms with Crippen LogP contribution in [-0.2, 0) is 23.6 Å². The smallest absolute Gasteiger partial charge is 0.263 e. The van der Waals surface area contributed by atoms with E-state index in [-0.39, 0.29) is 48.8 Å². The number of amides is 1. The normalized spacial score (nSPS) is 18.6. The molecule has 0 bridgehead atoms. The third kappa shape index (κ3) is 4.84. The maximum atomic E-state index is 13.9. The molecule has 1 aromatic carbocycles. The maximum absolute atomic E-state index is 13.9. The number of β-amino-alcohol motifs (C(OH)–C–C–N with tert-alkyl or cyclic N) is 1. The quantitative estimate of drug-likeness (QED) is 0.403.